The van der Waals surface area contributed by atoms with Crippen LogP contribution in [0.3, 0.4) is 0 Å². The van der Waals surface area contributed by atoms with Gasteiger partial charge in [0.1, 0.15) is 5.70 Å². The molecule has 156 valence electrons. The normalized spacial score (nSPS) is 14.8. The van der Waals surface area contributed by atoms with Gasteiger partial charge in [-0.3, -0.25) is 13.9 Å². The van der Waals surface area contributed by atoms with E-state index >= 15 is 0 Å². The lowest BCUT2D eigenvalue weighted by Gasteiger charge is -2.32. The van der Waals surface area contributed by atoms with Gasteiger partial charge in [0.05, 0.1) is 11.4 Å². The number of allylic oxidation sites excluding steroid dienone is 1. The summed E-state index contributed by atoms with van der Waals surface area (Å²) in [5.74, 6) is -1.11. The number of carbonyl (C=O) groups excluding carboxylic acids is 2. The van der Waals surface area contributed by atoms with Gasteiger partial charge in [0.2, 0.25) is 5.78 Å². The molecule has 0 atom stereocenters. The molecule has 7 heteroatoms. The number of ether oxygens (including phenoxy) is 1. The van der Waals surface area contributed by atoms with E-state index in [0.717, 1.165) is 10.7 Å². The molecule has 0 aromatic heterocycles. The predicted molar refractivity (Wildman–Crippen MR) is 114 cm³/mol. The molecule has 0 unspecified atom stereocenters. The first-order valence-corrected chi connectivity index (χ1v) is 11.1. The van der Waals surface area contributed by atoms with Crippen LogP contribution in [0.4, 0.5) is 0 Å². The quantitative estimate of drug-likeness (QED) is 0.360. The van der Waals surface area contributed by atoms with E-state index in [4.69, 9.17) is 4.74 Å². The van der Waals surface area contributed by atoms with Crippen LogP contribution in [0.1, 0.15) is 42.1 Å². The van der Waals surface area contributed by atoms with Crippen molar-refractivity contribution in [2.45, 2.75) is 31.1 Å². The van der Waals surface area contributed by atoms with Crippen molar-refractivity contribution >= 4 is 27.5 Å². The van der Waals surface area contributed by atoms with E-state index in [0.29, 0.717) is 12.0 Å². The number of rotatable bonds is 8. The van der Waals surface area contributed by atoms with Crippen molar-refractivity contribution in [3.05, 3.63) is 84.1 Å². The van der Waals surface area contributed by atoms with Gasteiger partial charge in [-0.25, -0.2) is 8.42 Å². The van der Waals surface area contributed by atoms with Crippen LogP contribution in [-0.2, 0) is 19.6 Å². The smallest absolute Gasteiger partial charge is 0.311 e. The Balaban J connectivity index is 2.26. The number of benzene rings is 2. The molecule has 0 saturated carbocycles. The maximum Gasteiger partial charge on any atom is 0.311 e. The van der Waals surface area contributed by atoms with Gasteiger partial charge in [0, 0.05) is 17.5 Å². The minimum atomic E-state index is -4.04. The lowest BCUT2D eigenvalue weighted by Crippen LogP contribution is -2.38. The van der Waals surface area contributed by atoms with Crippen LogP contribution in [0.5, 0.6) is 0 Å². The van der Waals surface area contributed by atoms with Crippen LogP contribution in [0.25, 0.3) is 5.76 Å². The SMILES string of the molecule is C=CCN1C(C(=O)c2ccccc2)=C(OC(=O)CCCC)c2ccccc2S1(=O)=O. The Bertz CT molecular complexity index is 1100. The van der Waals surface area contributed by atoms with Crippen molar-refractivity contribution < 1.29 is 22.7 Å². The molecule has 0 amide bonds. The van der Waals surface area contributed by atoms with Crippen molar-refractivity contribution in [3.63, 3.8) is 0 Å². The maximum absolute atomic E-state index is 13.4. The first-order chi connectivity index (χ1) is 14.4. The van der Waals surface area contributed by atoms with Crippen molar-refractivity contribution in [1.82, 2.24) is 4.31 Å². The number of hydrogen-bond acceptors (Lipinski definition) is 5. The van der Waals surface area contributed by atoms with E-state index in [9.17, 15) is 18.0 Å². The molecule has 0 N–H and O–H groups in total. The van der Waals surface area contributed by atoms with Crippen LogP contribution in [0.2, 0.25) is 0 Å². The predicted octanol–water partition coefficient (Wildman–Crippen LogP) is 4.16. The fourth-order valence-corrected chi connectivity index (χ4v) is 4.83. The highest BCUT2D eigenvalue weighted by Gasteiger charge is 2.41. The largest absolute Gasteiger partial charge is 0.423 e. The number of Topliss-reactive ketones (excluding diaryl/α,β-unsaturated/α-hetero) is 1. The summed E-state index contributed by atoms with van der Waals surface area (Å²) in [5.41, 5.74) is 0.296. The molecule has 0 aliphatic carbocycles. The van der Waals surface area contributed by atoms with Crippen LogP contribution >= 0.6 is 0 Å². The minimum absolute atomic E-state index is 0.0187. The number of esters is 1. The number of hydrogen-bond donors (Lipinski definition) is 0. The molecular weight excluding hydrogens is 402 g/mol. The zero-order valence-electron chi connectivity index (χ0n) is 16.7. The number of carbonyl (C=O) groups is 2. The van der Waals surface area contributed by atoms with Crippen LogP contribution in [0.15, 0.2) is 77.8 Å². The fourth-order valence-electron chi connectivity index (χ4n) is 3.20. The molecule has 1 aliphatic rings. The summed E-state index contributed by atoms with van der Waals surface area (Å²) in [5, 5.41) is 0. The van der Waals surface area contributed by atoms with Gasteiger partial charge in [-0.2, -0.15) is 0 Å². The third-order valence-electron chi connectivity index (χ3n) is 4.66. The zero-order chi connectivity index (χ0) is 21.7. The highest BCUT2D eigenvalue weighted by molar-refractivity contribution is 7.89. The number of fused-ring (bicyclic) bond motifs is 1. The molecule has 1 aliphatic heterocycles. The molecule has 30 heavy (non-hydrogen) atoms. The standard InChI is InChI=1S/C23H23NO5S/c1-3-5-15-20(25)29-23-18-13-9-10-14-19(18)30(27,28)24(16-4-2)21(23)22(26)17-11-7-6-8-12-17/h4,6-14H,2-3,5,15-16H2,1H3. The van der Waals surface area contributed by atoms with Crippen molar-refractivity contribution in [3.8, 4) is 0 Å². The van der Waals surface area contributed by atoms with Gasteiger partial charge in [-0.15, -0.1) is 6.58 Å². The van der Waals surface area contributed by atoms with Gasteiger partial charge < -0.3 is 4.74 Å². The second-order valence-electron chi connectivity index (χ2n) is 6.77. The fraction of sp³-hybridized carbons (Fsp3) is 0.217. The number of unbranched alkanes of at least 4 members (excludes halogenated alkanes) is 1. The van der Waals surface area contributed by atoms with Crippen LogP contribution in [0, 0.1) is 0 Å². The molecule has 2 aromatic rings. The second kappa shape index (κ2) is 9.09. The Kier molecular flexibility index (Phi) is 6.52. The van der Waals surface area contributed by atoms with Crippen molar-refractivity contribution in [1.29, 1.82) is 0 Å². The van der Waals surface area contributed by atoms with E-state index in [1.54, 1.807) is 48.5 Å². The number of sulfonamides is 1. The Labute approximate surface area is 176 Å². The monoisotopic (exact) mass is 425 g/mol. The van der Waals surface area contributed by atoms with Gasteiger partial charge in [0.15, 0.2) is 5.76 Å². The summed E-state index contributed by atoms with van der Waals surface area (Å²) in [6, 6.07) is 14.5. The lowest BCUT2D eigenvalue weighted by molar-refractivity contribution is -0.136. The number of nitrogens with zero attached hydrogens (tertiary/aromatic N) is 1. The average Bonchev–Trinajstić information content (AvgIpc) is 2.76. The van der Waals surface area contributed by atoms with E-state index in [1.807, 2.05) is 6.92 Å². The van der Waals surface area contributed by atoms with E-state index in [2.05, 4.69) is 6.58 Å². The molecule has 2 aromatic carbocycles. The first-order valence-electron chi connectivity index (χ1n) is 9.69. The molecule has 0 bridgehead atoms. The molecular formula is C23H23NO5S. The molecule has 3 rings (SSSR count). The topological polar surface area (TPSA) is 80.8 Å². The summed E-state index contributed by atoms with van der Waals surface area (Å²) in [7, 11) is -4.04. The summed E-state index contributed by atoms with van der Waals surface area (Å²) >= 11 is 0. The third-order valence-corrected chi connectivity index (χ3v) is 6.48. The molecule has 6 nitrogen and oxygen atoms in total. The van der Waals surface area contributed by atoms with Gasteiger partial charge >= 0.3 is 5.97 Å². The Morgan fingerprint density at radius 2 is 1.73 bits per heavy atom. The van der Waals surface area contributed by atoms with E-state index < -0.39 is 21.8 Å². The van der Waals surface area contributed by atoms with Crippen molar-refractivity contribution in [2.75, 3.05) is 6.54 Å². The highest BCUT2D eigenvalue weighted by atomic mass is 32.2. The molecule has 0 saturated heterocycles. The summed E-state index contributed by atoms with van der Waals surface area (Å²) in [4.78, 5) is 25.8. The maximum atomic E-state index is 13.4. The van der Waals surface area contributed by atoms with E-state index in [-0.39, 0.29) is 34.9 Å². The highest BCUT2D eigenvalue weighted by Crippen LogP contribution is 2.39. The Hall–Kier alpha value is -3.19. The molecule has 0 radical (unpaired) electrons. The van der Waals surface area contributed by atoms with Crippen molar-refractivity contribution in [2.24, 2.45) is 0 Å². The summed E-state index contributed by atoms with van der Waals surface area (Å²) in [6.07, 6.45) is 2.99. The summed E-state index contributed by atoms with van der Waals surface area (Å²) < 4.78 is 33.2. The van der Waals surface area contributed by atoms with E-state index in [1.165, 1.54) is 12.1 Å². The Morgan fingerprint density at radius 1 is 1.07 bits per heavy atom. The summed E-state index contributed by atoms with van der Waals surface area (Å²) in [6.45, 7) is 5.43. The molecule has 1 heterocycles. The second-order valence-corrected chi connectivity index (χ2v) is 8.60. The minimum Gasteiger partial charge on any atom is -0.423 e. The van der Waals surface area contributed by atoms with Gasteiger partial charge in [0.25, 0.3) is 10.0 Å². The lowest BCUT2D eigenvalue weighted by atomic mass is 10.0. The molecule has 0 spiro atoms. The Morgan fingerprint density at radius 3 is 2.40 bits per heavy atom. The van der Waals surface area contributed by atoms with Gasteiger partial charge in [-0.05, 0) is 18.6 Å². The first kappa shape index (κ1) is 21.5. The van der Waals surface area contributed by atoms with Crippen LogP contribution in [-0.4, -0.2) is 31.0 Å². The van der Waals surface area contributed by atoms with Crippen LogP contribution < -0.4 is 0 Å². The number of ketones is 1. The molecule has 0 fully saturated rings. The average molecular weight is 426 g/mol. The third kappa shape index (κ3) is 4.07. The zero-order valence-corrected chi connectivity index (χ0v) is 17.5. The van der Waals surface area contributed by atoms with Gasteiger partial charge in [-0.1, -0.05) is 61.9 Å².